The predicted molar refractivity (Wildman–Crippen MR) is 67.5 cm³/mol. The van der Waals surface area contributed by atoms with Crippen LogP contribution in [0.4, 0.5) is 0 Å². The second-order valence-corrected chi connectivity index (χ2v) is 6.32. The third kappa shape index (κ3) is 4.16. The van der Waals surface area contributed by atoms with Crippen LogP contribution in [-0.2, 0) is 4.79 Å². The molecule has 3 heteroatoms. The van der Waals surface area contributed by atoms with Crippen LogP contribution in [0, 0.1) is 10.8 Å². The van der Waals surface area contributed by atoms with Crippen molar-refractivity contribution in [3.63, 3.8) is 0 Å². The topological polar surface area (TPSA) is 17.1 Å². The number of rotatable bonds is 3. The first-order chi connectivity index (χ1) is 6.49. The van der Waals surface area contributed by atoms with Crippen LogP contribution >= 0.6 is 23.2 Å². The van der Waals surface area contributed by atoms with Crippen molar-refractivity contribution in [1.29, 1.82) is 0 Å². The van der Waals surface area contributed by atoms with Gasteiger partial charge < -0.3 is 0 Å². The Morgan fingerprint density at radius 2 is 1.60 bits per heavy atom. The van der Waals surface area contributed by atoms with Gasteiger partial charge in [-0.3, -0.25) is 4.79 Å². The number of hydrogen-bond donors (Lipinski definition) is 0. The minimum atomic E-state index is -0.576. The van der Waals surface area contributed by atoms with Gasteiger partial charge in [0.1, 0.15) is 5.78 Å². The number of carbonyl (C=O) groups is 1. The van der Waals surface area contributed by atoms with Crippen LogP contribution in [-0.4, -0.2) is 11.2 Å². The molecule has 0 aromatic carbocycles. The average molecular weight is 251 g/mol. The van der Waals surface area contributed by atoms with Crippen LogP contribution in [0.15, 0.2) is 11.1 Å². The van der Waals surface area contributed by atoms with Crippen molar-refractivity contribution in [3.05, 3.63) is 11.1 Å². The van der Waals surface area contributed by atoms with E-state index in [0.717, 1.165) is 0 Å². The van der Waals surface area contributed by atoms with E-state index in [2.05, 4.69) is 0 Å². The molecule has 88 valence electrons. The zero-order valence-electron chi connectivity index (χ0n) is 10.3. The van der Waals surface area contributed by atoms with Crippen molar-refractivity contribution in [2.75, 3.05) is 0 Å². The van der Waals surface area contributed by atoms with Gasteiger partial charge in [0.25, 0.3) is 0 Å². The van der Waals surface area contributed by atoms with Gasteiger partial charge in [0.2, 0.25) is 0 Å². The Morgan fingerprint density at radius 1 is 1.20 bits per heavy atom. The molecule has 0 aliphatic heterocycles. The van der Waals surface area contributed by atoms with E-state index in [1.165, 1.54) is 0 Å². The third-order valence-corrected chi connectivity index (χ3v) is 3.97. The molecular weight excluding hydrogens is 231 g/mol. The van der Waals surface area contributed by atoms with E-state index >= 15 is 0 Å². The Hall–Kier alpha value is -0.0100. The Labute approximate surface area is 103 Å². The van der Waals surface area contributed by atoms with E-state index in [1.807, 2.05) is 34.6 Å². The van der Waals surface area contributed by atoms with Crippen LogP contribution in [0.3, 0.4) is 0 Å². The number of ketones is 1. The molecule has 0 aliphatic rings. The molecule has 0 rings (SSSR count). The first-order valence-electron chi connectivity index (χ1n) is 5.02. The first-order valence-corrected chi connectivity index (χ1v) is 5.84. The minimum Gasteiger partial charge on any atom is -0.299 e. The largest absolute Gasteiger partial charge is 0.299 e. The second kappa shape index (κ2) is 4.88. The summed E-state index contributed by atoms with van der Waals surface area (Å²) in [6.07, 6.45) is 1.77. The normalized spacial score (nSPS) is 16.4. The first kappa shape index (κ1) is 15.0. The van der Waals surface area contributed by atoms with Crippen molar-refractivity contribution >= 4 is 29.0 Å². The number of halogens is 2. The maximum atomic E-state index is 11.4. The number of carbonyl (C=O) groups excluding carboxylic acids is 1. The lowest BCUT2D eigenvalue weighted by atomic mass is 9.83. The molecule has 15 heavy (non-hydrogen) atoms. The zero-order valence-corrected chi connectivity index (χ0v) is 11.8. The summed E-state index contributed by atoms with van der Waals surface area (Å²) in [5, 5.41) is 0.318. The van der Waals surface area contributed by atoms with Crippen LogP contribution < -0.4 is 0 Å². The summed E-state index contributed by atoms with van der Waals surface area (Å²) in [5.41, 5.74) is -0.700. The summed E-state index contributed by atoms with van der Waals surface area (Å²) < 4.78 is 0. The average Bonchev–Trinajstić information content (AvgIpc) is 2.01. The molecule has 1 unspecified atom stereocenters. The highest BCUT2D eigenvalue weighted by Crippen LogP contribution is 2.34. The van der Waals surface area contributed by atoms with Gasteiger partial charge in [-0.15, -0.1) is 11.6 Å². The molecule has 0 spiro atoms. The van der Waals surface area contributed by atoms with Crippen molar-refractivity contribution < 1.29 is 4.79 Å². The summed E-state index contributed by atoms with van der Waals surface area (Å²) in [7, 11) is 0. The molecule has 0 saturated heterocycles. The summed E-state index contributed by atoms with van der Waals surface area (Å²) in [4.78, 5) is 11.4. The number of hydrogen-bond acceptors (Lipinski definition) is 1. The van der Waals surface area contributed by atoms with Gasteiger partial charge in [0.05, 0.1) is 5.38 Å². The van der Waals surface area contributed by atoms with Gasteiger partial charge in [-0.05, 0) is 12.3 Å². The Balaban J connectivity index is 4.91. The van der Waals surface area contributed by atoms with Gasteiger partial charge in [-0.25, -0.2) is 0 Å². The maximum absolute atomic E-state index is 11.4. The molecule has 0 aliphatic carbocycles. The smallest absolute Gasteiger partial charge is 0.137 e. The monoisotopic (exact) mass is 250 g/mol. The lowest BCUT2D eigenvalue weighted by Gasteiger charge is -2.27. The van der Waals surface area contributed by atoms with E-state index in [-0.39, 0.29) is 16.6 Å². The predicted octanol–water partition coefficient (Wildman–Crippen LogP) is 4.38. The van der Waals surface area contributed by atoms with Gasteiger partial charge in [0.15, 0.2) is 0 Å². The summed E-state index contributed by atoms with van der Waals surface area (Å²) >= 11 is 12.3. The molecule has 0 heterocycles. The summed E-state index contributed by atoms with van der Waals surface area (Å²) in [6, 6.07) is 0. The molecule has 0 amide bonds. The zero-order chi connectivity index (χ0) is 12.4. The lowest BCUT2D eigenvalue weighted by molar-refractivity contribution is -0.124. The maximum Gasteiger partial charge on any atom is 0.137 e. The van der Waals surface area contributed by atoms with Crippen molar-refractivity contribution in [2.24, 2.45) is 10.8 Å². The van der Waals surface area contributed by atoms with Crippen LogP contribution in [0.2, 0.25) is 0 Å². The molecule has 0 aromatic rings. The molecule has 0 aromatic heterocycles. The molecule has 0 radical (unpaired) electrons. The highest BCUT2D eigenvalue weighted by Gasteiger charge is 2.32. The van der Waals surface area contributed by atoms with E-state index in [1.54, 1.807) is 13.0 Å². The number of allylic oxidation sites excluding steroid dienone is 2. The highest BCUT2D eigenvalue weighted by atomic mass is 35.5. The summed E-state index contributed by atoms with van der Waals surface area (Å²) in [6.45, 7) is 11.2. The van der Waals surface area contributed by atoms with Crippen molar-refractivity contribution in [3.8, 4) is 0 Å². The van der Waals surface area contributed by atoms with Crippen molar-refractivity contribution in [2.45, 2.75) is 46.9 Å². The van der Waals surface area contributed by atoms with Crippen molar-refractivity contribution in [1.82, 2.24) is 0 Å². The Morgan fingerprint density at radius 3 is 1.87 bits per heavy atom. The van der Waals surface area contributed by atoms with Gasteiger partial charge in [-0.2, -0.15) is 0 Å². The fraction of sp³-hybridized carbons (Fsp3) is 0.750. The fourth-order valence-electron chi connectivity index (χ4n) is 0.781. The molecule has 0 bridgehead atoms. The molecule has 1 atom stereocenters. The lowest BCUT2D eigenvalue weighted by Crippen LogP contribution is -2.31. The Kier molecular flexibility index (Phi) is 4.88. The van der Waals surface area contributed by atoms with Gasteiger partial charge >= 0.3 is 0 Å². The van der Waals surface area contributed by atoms with Gasteiger partial charge in [-0.1, -0.05) is 52.3 Å². The molecule has 1 nitrogen and oxygen atoms in total. The molecule has 0 fully saturated rings. The minimum absolute atomic E-state index is 0.0668. The SMILES string of the molecule is CC(=O)C(C)(C)C(Cl)/C=C(\Cl)C(C)(C)C. The van der Waals surface area contributed by atoms with Gasteiger partial charge in [0, 0.05) is 10.4 Å². The van der Waals surface area contributed by atoms with E-state index in [0.29, 0.717) is 5.03 Å². The Bertz CT molecular complexity index is 272. The van der Waals surface area contributed by atoms with Crippen LogP contribution in [0.5, 0.6) is 0 Å². The molecular formula is C12H20Cl2O. The van der Waals surface area contributed by atoms with Crippen LogP contribution in [0.25, 0.3) is 0 Å². The molecule has 0 saturated carbocycles. The highest BCUT2D eigenvalue weighted by molar-refractivity contribution is 6.31. The standard InChI is InChI=1S/C12H20Cl2O/c1-8(15)12(5,6)10(14)7-9(13)11(2,3)4/h7,10H,1-6H3/b9-7-. The summed E-state index contributed by atoms with van der Waals surface area (Å²) in [5.74, 6) is 0.0668. The second-order valence-electron chi connectivity index (χ2n) is 5.44. The van der Waals surface area contributed by atoms with E-state index in [9.17, 15) is 4.79 Å². The fourth-order valence-corrected chi connectivity index (χ4v) is 1.25. The number of alkyl halides is 1. The van der Waals surface area contributed by atoms with E-state index < -0.39 is 5.41 Å². The number of Topliss-reactive ketones (excluding diaryl/α,β-unsaturated/α-hetero) is 1. The quantitative estimate of drug-likeness (QED) is 0.680. The van der Waals surface area contributed by atoms with E-state index in [4.69, 9.17) is 23.2 Å². The van der Waals surface area contributed by atoms with Crippen LogP contribution in [0.1, 0.15) is 41.5 Å². The molecule has 0 N–H and O–H groups in total. The third-order valence-electron chi connectivity index (χ3n) is 2.61.